The van der Waals surface area contributed by atoms with E-state index >= 15 is 0 Å². The highest BCUT2D eigenvalue weighted by Crippen LogP contribution is 2.34. The second-order valence-corrected chi connectivity index (χ2v) is 7.63. The second-order valence-electron chi connectivity index (χ2n) is 6.37. The lowest BCUT2D eigenvalue weighted by Gasteiger charge is -2.05. The molecule has 0 amide bonds. The molecule has 1 aliphatic carbocycles. The molecule has 4 rings (SSSR count). The molecule has 22 heavy (non-hydrogen) atoms. The minimum absolute atomic E-state index is 0.790. The van der Waals surface area contributed by atoms with Crippen molar-refractivity contribution in [1.29, 1.82) is 0 Å². The van der Waals surface area contributed by atoms with E-state index in [1.165, 1.54) is 36.8 Å². The van der Waals surface area contributed by atoms with Crippen molar-refractivity contribution in [2.24, 2.45) is 5.92 Å². The zero-order chi connectivity index (χ0) is 15.1. The van der Waals surface area contributed by atoms with Crippen LogP contribution in [0.5, 0.6) is 0 Å². The van der Waals surface area contributed by atoms with Gasteiger partial charge < -0.3 is 4.98 Å². The zero-order valence-electron chi connectivity index (χ0n) is 12.7. The molecule has 1 fully saturated rings. The van der Waals surface area contributed by atoms with Crippen molar-refractivity contribution < 1.29 is 0 Å². The van der Waals surface area contributed by atoms with Gasteiger partial charge in [-0.15, -0.1) is 11.3 Å². The summed E-state index contributed by atoms with van der Waals surface area (Å²) in [5.41, 5.74) is 4.55. The fourth-order valence-electron chi connectivity index (χ4n) is 3.50. The Morgan fingerprint density at radius 2 is 2.09 bits per heavy atom. The topological polar surface area (TPSA) is 28.7 Å². The van der Waals surface area contributed by atoms with Crippen molar-refractivity contribution >= 4 is 33.8 Å². The van der Waals surface area contributed by atoms with Crippen LogP contribution in [0.2, 0.25) is 5.02 Å². The average Bonchev–Trinajstić information content (AvgIpc) is 3.19. The van der Waals surface area contributed by atoms with Gasteiger partial charge >= 0.3 is 0 Å². The Bertz CT molecular complexity index is 812. The number of nitrogens with zero attached hydrogens (tertiary/aromatic N) is 1. The number of nitrogens with one attached hydrogen (secondary N) is 1. The third-order valence-electron chi connectivity index (χ3n) is 4.59. The number of benzene rings is 1. The van der Waals surface area contributed by atoms with E-state index in [1.807, 2.05) is 13.0 Å². The Hall–Kier alpha value is -1.32. The number of aromatic amines is 1. The van der Waals surface area contributed by atoms with Gasteiger partial charge in [0.15, 0.2) is 0 Å². The molecule has 3 aromatic rings. The Morgan fingerprint density at radius 1 is 1.27 bits per heavy atom. The number of fused-ring (bicyclic) bond motifs is 1. The molecule has 1 saturated carbocycles. The smallest absolute Gasteiger partial charge is 0.123 e. The lowest BCUT2D eigenvalue weighted by Crippen LogP contribution is -1.98. The van der Waals surface area contributed by atoms with Crippen LogP contribution in [-0.4, -0.2) is 9.97 Å². The van der Waals surface area contributed by atoms with Gasteiger partial charge in [0.05, 0.1) is 10.5 Å². The summed E-state index contributed by atoms with van der Waals surface area (Å²) in [6, 6.07) is 6.50. The molecule has 4 heteroatoms. The van der Waals surface area contributed by atoms with Gasteiger partial charge in [0.1, 0.15) is 5.01 Å². The van der Waals surface area contributed by atoms with Crippen molar-refractivity contribution in [3.63, 3.8) is 0 Å². The van der Waals surface area contributed by atoms with Crippen LogP contribution < -0.4 is 0 Å². The Balaban J connectivity index is 1.70. The number of hydrogen-bond donors (Lipinski definition) is 1. The highest BCUT2D eigenvalue weighted by Gasteiger charge is 2.17. The quantitative estimate of drug-likeness (QED) is 0.628. The van der Waals surface area contributed by atoms with Gasteiger partial charge in [-0.2, -0.15) is 0 Å². The third-order valence-corrected chi connectivity index (χ3v) is 5.89. The molecule has 2 nitrogen and oxygen atoms in total. The maximum Gasteiger partial charge on any atom is 0.123 e. The first-order chi connectivity index (χ1) is 10.7. The van der Waals surface area contributed by atoms with Crippen molar-refractivity contribution in [2.75, 3.05) is 0 Å². The van der Waals surface area contributed by atoms with E-state index in [9.17, 15) is 0 Å². The third kappa shape index (κ3) is 2.68. The molecule has 2 heterocycles. The molecule has 0 atom stereocenters. The van der Waals surface area contributed by atoms with Crippen LogP contribution in [-0.2, 0) is 6.42 Å². The minimum atomic E-state index is 0.790. The van der Waals surface area contributed by atoms with Crippen LogP contribution in [0.25, 0.3) is 21.5 Å². The van der Waals surface area contributed by atoms with Gasteiger partial charge in [-0.1, -0.05) is 37.3 Å². The summed E-state index contributed by atoms with van der Waals surface area (Å²) in [7, 11) is 0. The highest BCUT2D eigenvalue weighted by atomic mass is 35.5. The maximum atomic E-state index is 6.49. The van der Waals surface area contributed by atoms with Crippen LogP contribution in [0.1, 0.15) is 37.1 Å². The average molecular weight is 331 g/mol. The Labute approximate surface area is 139 Å². The van der Waals surface area contributed by atoms with Crippen LogP contribution in [0.4, 0.5) is 0 Å². The molecule has 1 N–H and O–H groups in total. The van der Waals surface area contributed by atoms with Crippen LogP contribution in [0, 0.1) is 12.8 Å². The first kappa shape index (κ1) is 14.3. The molecule has 0 spiro atoms. The van der Waals surface area contributed by atoms with Gasteiger partial charge in [-0.25, -0.2) is 4.98 Å². The molecule has 0 unspecified atom stereocenters. The van der Waals surface area contributed by atoms with Gasteiger partial charge in [0, 0.05) is 27.7 Å². The standard InChI is InChI=1S/C18H19ClN2S/c1-11-10-22-18(20-11)14-7-13-8-15(6-12-4-2-3-5-12)21-17(13)16(19)9-14/h7-10,12,21H,2-6H2,1H3. The fourth-order valence-corrected chi connectivity index (χ4v) is 4.56. The highest BCUT2D eigenvalue weighted by molar-refractivity contribution is 7.13. The van der Waals surface area contributed by atoms with Gasteiger partial charge in [-0.05, 0) is 37.5 Å². The second kappa shape index (κ2) is 5.71. The number of thiazole rings is 1. The Kier molecular flexibility index (Phi) is 3.71. The predicted molar refractivity (Wildman–Crippen MR) is 94.8 cm³/mol. The SMILES string of the molecule is Cc1csc(-c2cc(Cl)c3[nH]c(CC4CCCC4)cc3c2)n1. The molecular weight excluding hydrogens is 312 g/mol. The van der Waals surface area contributed by atoms with E-state index in [0.29, 0.717) is 0 Å². The molecule has 0 aliphatic heterocycles. The summed E-state index contributed by atoms with van der Waals surface area (Å²) in [5, 5.41) is 5.11. The largest absolute Gasteiger partial charge is 0.357 e. The van der Waals surface area contributed by atoms with E-state index < -0.39 is 0 Å². The number of H-pyrrole nitrogens is 1. The maximum absolute atomic E-state index is 6.49. The van der Waals surface area contributed by atoms with E-state index in [4.69, 9.17) is 11.6 Å². The van der Waals surface area contributed by atoms with Crippen LogP contribution in [0.15, 0.2) is 23.6 Å². The lowest BCUT2D eigenvalue weighted by molar-refractivity contribution is 0.541. The summed E-state index contributed by atoms with van der Waals surface area (Å²) < 4.78 is 0. The number of rotatable bonds is 3. The minimum Gasteiger partial charge on any atom is -0.357 e. The number of halogens is 1. The van der Waals surface area contributed by atoms with Gasteiger partial charge in [-0.3, -0.25) is 0 Å². The first-order valence-electron chi connectivity index (χ1n) is 7.93. The number of hydrogen-bond acceptors (Lipinski definition) is 2. The van der Waals surface area contributed by atoms with Gasteiger partial charge in [0.25, 0.3) is 0 Å². The molecule has 1 aromatic carbocycles. The fraction of sp³-hybridized carbons (Fsp3) is 0.389. The van der Waals surface area contributed by atoms with Crippen molar-refractivity contribution in [3.8, 4) is 10.6 Å². The number of aromatic nitrogens is 2. The van der Waals surface area contributed by atoms with E-state index in [2.05, 4.69) is 27.5 Å². The van der Waals surface area contributed by atoms with Gasteiger partial charge in [0.2, 0.25) is 0 Å². The van der Waals surface area contributed by atoms with Crippen LogP contribution in [0.3, 0.4) is 0 Å². The summed E-state index contributed by atoms with van der Waals surface area (Å²) in [4.78, 5) is 8.09. The van der Waals surface area contributed by atoms with E-state index in [-0.39, 0.29) is 0 Å². The molecule has 1 aliphatic rings. The summed E-state index contributed by atoms with van der Waals surface area (Å²) in [6.07, 6.45) is 6.66. The Morgan fingerprint density at radius 3 is 2.82 bits per heavy atom. The van der Waals surface area contributed by atoms with Crippen molar-refractivity contribution in [2.45, 2.75) is 39.0 Å². The number of aryl methyl sites for hydroxylation is 1. The van der Waals surface area contributed by atoms with E-state index in [0.717, 1.165) is 39.1 Å². The molecular formula is C18H19ClN2S. The lowest BCUT2D eigenvalue weighted by atomic mass is 10.0. The van der Waals surface area contributed by atoms with Crippen molar-refractivity contribution in [3.05, 3.63) is 40.0 Å². The van der Waals surface area contributed by atoms with Crippen LogP contribution >= 0.6 is 22.9 Å². The summed E-state index contributed by atoms with van der Waals surface area (Å²) in [6.45, 7) is 2.02. The zero-order valence-corrected chi connectivity index (χ0v) is 14.2. The first-order valence-corrected chi connectivity index (χ1v) is 9.18. The molecule has 114 valence electrons. The van der Waals surface area contributed by atoms with E-state index in [1.54, 1.807) is 11.3 Å². The summed E-state index contributed by atoms with van der Waals surface area (Å²) >= 11 is 8.17. The van der Waals surface area contributed by atoms with Crippen molar-refractivity contribution in [1.82, 2.24) is 9.97 Å². The monoisotopic (exact) mass is 330 g/mol. The molecule has 0 saturated heterocycles. The predicted octanol–water partition coefficient (Wildman–Crippen LogP) is 5.99. The molecule has 0 bridgehead atoms. The summed E-state index contributed by atoms with van der Waals surface area (Å²) in [5.74, 6) is 0.841. The molecule has 0 radical (unpaired) electrons. The normalized spacial score (nSPS) is 15.9. The molecule has 2 aromatic heterocycles.